The number of benzene rings is 2. The predicted molar refractivity (Wildman–Crippen MR) is 138 cm³/mol. The zero-order chi connectivity index (χ0) is 26.5. The number of hydrogen-bond acceptors (Lipinski definition) is 5. The molecule has 0 spiro atoms. The number of morpholine rings is 1. The molecule has 198 valence electrons. The summed E-state index contributed by atoms with van der Waals surface area (Å²) in [5, 5.41) is 2.99. The molecule has 1 fully saturated rings. The van der Waals surface area contributed by atoms with Crippen LogP contribution in [-0.4, -0.2) is 57.5 Å². The highest BCUT2D eigenvalue weighted by Crippen LogP contribution is 2.33. The van der Waals surface area contributed by atoms with Gasteiger partial charge in [-0.25, -0.2) is 8.78 Å². The van der Waals surface area contributed by atoms with Gasteiger partial charge in [-0.3, -0.25) is 4.79 Å². The van der Waals surface area contributed by atoms with Crippen LogP contribution in [0.2, 0.25) is 0 Å². The molecule has 0 radical (unpaired) electrons. The van der Waals surface area contributed by atoms with E-state index in [0.29, 0.717) is 56.5 Å². The van der Waals surface area contributed by atoms with Crippen LogP contribution in [0, 0.1) is 25.5 Å². The summed E-state index contributed by atoms with van der Waals surface area (Å²) in [5.41, 5.74) is 3.77. The molecule has 1 aliphatic heterocycles. The Kier molecular flexibility index (Phi) is 8.33. The lowest BCUT2D eigenvalue weighted by atomic mass is 10.1. The number of carbonyl (C=O) groups is 1. The summed E-state index contributed by atoms with van der Waals surface area (Å²) in [6, 6.07) is 9.42. The molecule has 1 saturated heterocycles. The van der Waals surface area contributed by atoms with Crippen molar-refractivity contribution in [2.45, 2.75) is 26.8 Å². The minimum atomic E-state index is -0.640. The molecule has 1 aliphatic rings. The maximum atomic E-state index is 14.6. The van der Waals surface area contributed by atoms with E-state index in [-0.39, 0.29) is 18.0 Å². The van der Waals surface area contributed by atoms with Crippen molar-refractivity contribution < 1.29 is 27.8 Å². The number of carbonyl (C=O) groups excluding carboxylic acids is 1. The van der Waals surface area contributed by atoms with E-state index in [1.807, 2.05) is 32.0 Å². The Morgan fingerprint density at radius 2 is 1.70 bits per heavy atom. The van der Waals surface area contributed by atoms with Crippen LogP contribution >= 0.6 is 0 Å². The van der Waals surface area contributed by atoms with Crippen LogP contribution in [0.15, 0.2) is 36.4 Å². The van der Waals surface area contributed by atoms with E-state index in [9.17, 15) is 13.6 Å². The van der Waals surface area contributed by atoms with Crippen molar-refractivity contribution in [2.75, 3.05) is 52.0 Å². The largest absolute Gasteiger partial charge is 0.493 e. The first-order valence-corrected chi connectivity index (χ1v) is 12.3. The van der Waals surface area contributed by atoms with E-state index in [0.717, 1.165) is 22.5 Å². The van der Waals surface area contributed by atoms with Crippen molar-refractivity contribution in [2.24, 2.45) is 0 Å². The number of rotatable bonds is 9. The first-order chi connectivity index (χ1) is 17.8. The minimum absolute atomic E-state index is 0.0755. The number of ether oxygens (including phenoxy) is 3. The van der Waals surface area contributed by atoms with Gasteiger partial charge in [-0.15, -0.1) is 0 Å². The second-order valence-electron chi connectivity index (χ2n) is 8.99. The second kappa shape index (κ2) is 11.6. The van der Waals surface area contributed by atoms with E-state index < -0.39 is 11.6 Å². The smallest absolute Gasteiger partial charge is 0.268 e. The summed E-state index contributed by atoms with van der Waals surface area (Å²) in [5.74, 6) is -0.321. The van der Waals surface area contributed by atoms with Crippen LogP contribution < -0.4 is 19.7 Å². The number of amides is 1. The zero-order valence-corrected chi connectivity index (χ0v) is 21.7. The lowest BCUT2D eigenvalue weighted by Gasteiger charge is -2.29. The van der Waals surface area contributed by atoms with Crippen LogP contribution in [0.5, 0.6) is 11.5 Å². The maximum absolute atomic E-state index is 14.6. The number of aromatic nitrogens is 1. The SMILES string of the molecule is COc1ccc(CCNC(=O)c2c(C)c(N3CCOCC3)c(C)n2Cc2c(F)cccc2F)cc1OC. The molecule has 2 aromatic carbocycles. The summed E-state index contributed by atoms with van der Waals surface area (Å²) in [7, 11) is 3.16. The Balaban J connectivity index is 1.61. The molecule has 1 amide bonds. The molecule has 0 saturated carbocycles. The molecule has 0 aliphatic carbocycles. The van der Waals surface area contributed by atoms with Gasteiger partial charge in [0.05, 0.1) is 39.7 Å². The summed E-state index contributed by atoms with van der Waals surface area (Å²) < 4.78 is 47.0. The van der Waals surface area contributed by atoms with E-state index in [1.54, 1.807) is 18.8 Å². The van der Waals surface area contributed by atoms with Crippen LogP contribution in [0.25, 0.3) is 0 Å². The molecule has 3 aromatic rings. The quantitative estimate of drug-likeness (QED) is 0.463. The Labute approximate surface area is 215 Å². The van der Waals surface area contributed by atoms with Gasteiger partial charge in [0.2, 0.25) is 0 Å². The van der Waals surface area contributed by atoms with Gasteiger partial charge in [0.25, 0.3) is 5.91 Å². The molecule has 1 aromatic heterocycles. The number of nitrogens with one attached hydrogen (secondary N) is 1. The Morgan fingerprint density at radius 3 is 2.35 bits per heavy atom. The molecule has 7 nitrogen and oxygen atoms in total. The third-order valence-electron chi connectivity index (χ3n) is 6.80. The predicted octanol–water partition coefficient (Wildman–Crippen LogP) is 4.26. The summed E-state index contributed by atoms with van der Waals surface area (Å²) >= 11 is 0. The molecule has 0 atom stereocenters. The van der Waals surface area contributed by atoms with Crippen molar-refractivity contribution in [1.82, 2.24) is 9.88 Å². The van der Waals surface area contributed by atoms with Crippen molar-refractivity contribution in [1.29, 1.82) is 0 Å². The van der Waals surface area contributed by atoms with Gasteiger partial charge >= 0.3 is 0 Å². The van der Waals surface area contributed by atoms with Gasteiger partial charge in [-0.1, -0.05) is 12.1 Å². The average molecular weight is 514 g/mol. The molecular formula is C28H33F2N3O4. The van der Waals surface area contributed by atoms with Gasteiger partial charge in [-0.05, 0) is 50.1 Å². The summed E-state index contributed by atoms with van der Waals surface area (Å²) in [4.78, 5) is 15.7. The van der Waals surface area contributed by atoms with Gasteiger partial charge < -0.3 is 29.0 Å². The fraction of sp³-hybridized carbons (Fsp3) is 0.393. The van der Waals surface area contributed by atoms with Gasteiger partial charge in [0.1, 0.15) is 17.3 Å². The van der Waals surface area contributed by atoms with Crippen LogP contribution in [0.4, 0.5) is 14.5 Å². The van der Waals surface area contributed by atoms with Crippen molar-refractivity contribution in [3.63, 3.8) is 0 Å². The molecule has 37 heavy (non-hydrogen) atoms. The second-order valence-corrected chi connectivity index (χ2v) is 8.99. The summed E-state index contributed by atoms with van der Waals surface area (Å²) in [6.45, 7) is 6.58. The highest BCUT2D eigenvalue weighted by Gasteiger charge is 2.27. The molecule has 4 rings (SSSR count). The van der Waals surface area contributed by atoms with Crippen LogP contribution in [-0.2, 0) is 17.7 Å². The molecule has 0 unspecified atom stereocenters. The fourth-order valence-electron chi connectivity index (χ4n) is 4.91. The summed E-state index contributed by atoms with van der Waals surface area (Å²) in [6.07, 6.45) is 0.573. The third kappa shape index (κ3) is 5.56. The van der Waals surface area contributed by atoms with Crippen LogP contribution in [0.3, 0.4) is 0 Å². The standard InChI is InChI=1S/C28H33F2N3O4/c1-18-26(32-12-14-37-15-13-32)19(2)33(17-21-22(29)6-5-7-23(21)30)27(18)28(34)31-11-10-20-8-9-24(35-3)25(16-20)36-4/h5-9,16H,10-15,17H2,1-4H3,(H,31,34). The van der Waals surface area contributed by atoms with Gasteiger partial charge in [0, 0.05) is 36.5 Å². The van der Waals surface area contributed by atoms with E-state index in [4.69, 9.17) is 14.2 Å². The molecule has 1 N–H and O–H groups in total. The number of nitrogens with zero attached hydrogens (tertiary/aromatic N) is 2. The number of anilines is 1. The first-order valence-electron chi connectivity index (χ1n) is 12.3. The molecule has 0 bridgehead atoms. The van der Waals surface area contributed by atoms with E-state index >= 15 is 0 Å². The highest BCUT2D eigenvalue weighted by molar-refractivity contribution is 5.96. The number of halogens is 2. The van der Waals surface area contributed by atoms with Crippen molar-refractivity contribution in [3.05, 3.63) is 76.1 Å². The monoisotopic (exact) mass is 513 g/mol. The normalized spacial score (nSPS) is 13.5. The average Bonchev–Trinajstić information content (AvgIpc) is 3.15. The Morgan fingerprint density at radius 1 is 1.03 bits per heavy atom. The highest BCUT2D eigenvalue weighted by atomic mass is 19.1. The first kappa shape index (κ1) is 26.5. The maximum Gasteiger partial charge on any atom is 0.268 e. The van der Waals surface area contributed by atoms with Gasteiger partial charge in [-0.2, -0.15) is 0 Å². The van der Waals surface area contributed by atoms with Crippen molar-refractivity contribution >= 4 is 11.6 Å². The van der Waals surface area contributed by atoms with E-state index in [2.05, 4.69) is 10.2 Å². The lowest BCUT2D eigenvalue weighted by Crippen LogP contribution is -2.36. The minimum Gasteiger partial charge on any atom is -0.493 e. The Bertz CT molecular complexity index is 1250. The zero-order valence-electron chi connectivity index (χ0n) is 21.7. The molecule has 9 heteroatoms. The molecular weight excluding hydrogens is 480 g/mol. The van der Waals surface area contributed by atoms with Gasteiger partial charge in [0.15, 0.2) is 11.5 Å². The Hall–Kier alpha value is -3.59. The number of hydrogen-bond donors (Lipinski definition) is 1. The fourth-order valence-corrected chi connectivity index (χ4v) is 4.91. The topological polar surface area (TPSA) is 65.0 Å². The lowest BCUT2D eigenvalue weighted by molar-refractivity contribution is 0.0944. The van der Waals surface area contributed by atoms with Crippen molar-refractivity contribution in [3.8, 4) is 11.5 Å². The van der Waals surface area contributed by atoms with Crippen LogP contribution in [0.1, 0.15) is 32.9 Å². The molecule has 2 heterocycles. The third-order valence-corrected chi connectivity index (χ3v) is 6.80. The van der Waals surface area contributed by atoms with E-state index in [1.165, 1.54) is 18.2 Å². The number of methoxy groups -OCH3 is 2.